The van der Waals surface area contributed by atoms with Gasteiger partial charge < -0.3 is 9.52 Å². The number of rotatable bonds is 4. The molecule has 0 saturated heterocycles. The molecule has 1 N–H and O–H groups in total. The van der Waals surface area contributed by atoms with Gasteiger partial charge >= 0.3 is 0 Å². The summed E-state index contributed by atoms with van der Waals surface area (Å²) in [6, 6.07) is 3.33. The maximum atomic E-state index is 10.2. The molecule has 0 amide bonds. The van der Waals surface area contributed by atoms with Crippen LogP contribution in [0.2, 0.25) is 0 Å². The van der Waals surface area contributed by atoms with Crippen LogP contribution in [0.15, 0.2) is 21.6 Å². The van der Waals surface area contributed by atoms with Crippen molar-refractivity contribution in [1.82, 2.24) is 0 Å². The first-order chi connectivity index (χ1) is 5.76. The van der Waals surface area contributed by atoms with Gasteiger partial charge in [0.15, 0.2) is 17.1 Å². The van der Waals surface area contributed by atoms with Gasteiger partial charge in [-0.3, -0.25) is 4.79 Å². The molecule has 66 valence electrons. The van der Waals surface area contributed by atoms with Crippen molar-refractivity contribution in [3.8, 4) is 0 Å². The molecule has 0 spiro atoms. The zero-order valence-corrected chi connectivity index (χ0v) is 7.50. The van der Waals surface area contributed by atoms with Crippen LogP contribution in [0.25, 0.3) is 0 Å². The number of thioether (sulfide) groups is 1. The molecule has 0 radical (unpaired) electrons. The molecular formula is C8H10O3S. The first-order valence-electron chi connectivity index (χ1n) is 3.58. The van der Waals surface area contributed by atoms with E-state index >= 15 is 0 Å². The van der Waals surface area contributed by atoms with E-state index in [1.165, 1.54) is 11.8 Å². The average Bonchev–Trinajstić information content (AvgIpc) is 2.52. The lowest BCUT2D eigenvalue weighted by Crippen LogP contribution is -2.00. The van der Waals surface area contributed by atoms with E-state index in [1.807, 2.05) is 6.92 Å². The highest BCUT2D eigenvalue weighted by Crippen LogP contribution is 2.24. The van der Waals surface area contributed by atoms with Crippen LogP contribution < -0.4 is 0 Å². The van der Waals surface area contributed by atoms with Gasteiger partial charge in [0, 0.05) is 5.25 Å². The summed E-state index contributed by atoms with van der Waals surface area (Å²) in [7, 11) is 0. The molecule has 4 heteroatoms. The molecule has 0 aliphatic carbocycles. The van der Waals surface area contributed by atoms with Crippen molar-refractivity contribution < 1.29 is 14.3 Å². The van der Waals surface area contributed by atoms with Crippen LogP contribution in [-0.4, -0.2) is 23.2 Å². The van der Waals surface area contributed by atoms with Gasteiger partial charge in [0.25, 0.3) is 0 Å². The van der Waals surface area contributed by atoms with Gasteiger partial charge in [0.1, 0.15) is 0 Å². The Labute approximate surface area is 74.8 Å². The normalized spacial score (nSPS) is 12.8. The van der Waals surface area contributed by atoms with Crippen LogP contribution in [0.5, 0.6) is 0 Å². The van der Waals surface area contributed by atoms with Crippen molar-refractivity contribution in [2.24, 2.45) is 0 Å². The maximum Gasteiger partial charge on any atom is 0.185 e. The van der Waals surface area contributed by atoms with E-state index in [2.05, 4.69) is 0 Å². The fraction of sp³-hybridized carbons (Fsp3) is 0.375. The molecule has 0 aliphatic rings. The zero-order valence-electron chi connectivity index (χ0n) is 6.69. The smallest absolute Gasteiger partial charge is 0.185 e. The highest BCUT2D eigenvalue weighted by Gasteiger charge is 2.06. The number of hydrogen-bond acceptors (Lipinski definition) is 4. The van der Waals surface area contributed by atoms with Crippen molar-refractivity contribution in [3.05, 3.63) is 17.9 Å². The van der Waals surface area contributed by atoms with Gasteiger partial charge in [-0.1, -0.05) is 18.7 Å². The minimum absolute atomic E-state index is 0.0932. The van der Waals surface area contributed by atoms with Crippen LogP contribution in [0.1, 0.15) is 17.5 Å². The molecule has 1 aromatic heterocycles. The second-order valence-corrected chi connectivity index (χ2v) is 3.83. The third-order valence-electron chi connectivity index (χ3n) is 1.29. The summed E-state index contributed by atoms with van der Waals surface area (Å²) < 4.78 is 5.09. The number of aliphatic hydroxyl groups is 1. The van der Waals surface area contributed by atoms with Crippen molar-refractivity contribution in [2.75, 3.05) is 6.61 Å². The summed E-state index contributed by atoms with van der Waals surface area (Å²) in [6.07, 6.45) is 0.660. The van der Waals surface area contributed by atoms with Crippen LogP contribution in [0.3, 0.4) is 0 Å². The van der Waals surface area contributed by atoms with Gasteiger partial charge in [0.2, 0.25) is 0 Å². The quantitative estimate of drug-likeness (QED) is 0.572. The second-order valence-electron chi connectivity index (χ2n) is 2.39. The molecule has 0 fully saturated rings. The van der Waals surface area contributed by atoms with E-state index in [4.69, 9.17) is 9.52 Å². The number of furan rings is 1. The van der Waals surface area contributed by atoms with E-state index in [1.54, 1.807) is 12.1 Å². The van der Waals surface area contributed by atoms with E-state index < -0.39 is 0 Å². The Bertz CT molecular complexity index is 257. The van der Waals surface area contributed by atoms with Crippen LogP contribution in [0, 0.1) is 0 Å². The number of aliphatic hydroxyl groups excluding tert-OH is 1. The van der Waals surface area contributed by atoms with Gasteiger partial charge in [-0.05, 0) is 12.1 Å². The standard InChI is InChI=1S/C8H10O3S/c1-6(4-9)12-8-3-2-7(5-10)11-8/h2-3,5-6,9H,4H2,1H3. The van der Waals surface area contributed by atoms with Crippen LogP contribution in [0.4, 0.5) is 0 Å². The van der Waals surface area contributed by atoms with Crippen LogP contribution in [-0.2, 0) is 0 Å². The van der Waals surface area contributed by atoms with E-state index in [-0.39, 0.29) is 11.9 Å². The Balaban J connectivity index is 2.57. The summed E-state index contributed by atoms with van der Waals surface area (Å²) >= 11 is 1.40. The number of hydrogen-bond donors (Lipinski definition) is 1. The predicted molar refractivity (Wildman–Crippen MR) is 46.5 cm³/mol. The molecule has 1 heterocycles. The van der Waals surface area contributed by atoms with Crippen molar-refractivity contribution in [3.63, 3.8) is 0 Å². The van der Waals surface area contributed by atoms with Crippen LogP contribution >= 0.6 is 11.8 Å². The maximum absolute atomic E-state index is 10.2. The van der Waals surface area contributed by atoms with Crippen molar-refractivity contribution >= 4 is 18.0 Å². The molecule has 1 atom stereocenters. The Morgan fingerprint density at radius 1 is 1.75 bits per heavy atom. The monoisotopic (exact) mass is 186 g/mol. The number of carbonyl (C=O) groups excluding carboxylic acids is 1. The largest absolute Gasteiger partial charge is 0.447 e. The Morgan fingerprint density at radius 2 is 2.50 bits per heavy atom. The molecular weight excluding hydrogens is 176 g/mol. The summed E-state index contributed by atoms with van der Waals surface area (Å²) in [5.41, 5.74) is 0. The summed E-state index contributed by atoms with van der Waals surface area (Å²) in [4.78, 5) is 10.2. The summed E-state index contributed by atoms with van der Waals surface area (Å²) in [5.74, 6) is 0.322. The highest BCUT2D eigenvalue weighted by atomic mass is 32.2. The third-order valence-corrected chi connectivity index (χ3v) is 2.30. The van der Waals surface area contributed by atoms with Crippen molar-refractivity contribution in [2.45, 2.75) is 17.3 Å². The first-order valence-corrected chi connectivity index (χ1v) is 4.46. The Hall–Kier alpha value is -0.740. The van der Waals surface area contributed by atoms with Gasteiger partial charge in [0.05, 0.1) is 6.61 Å². The predicted octanol–water partition coefficient (Wildman–Crippen LogP) is 1.56. The minimum Gasteiger partial charge on any atom is -0.447 e. The van der Waals surface area contributed by atoms with Gasteiger partial charge in [-0.15, -0.1) is 0 Å². The molecule has 3 nitrogen and oxygen atoms in total. The molecule has 1 rings (SSSR count). The van der Waals surface area contributed by atoms with E-state index in [0.717, 1.165) is 0 Å². The first kappa shape index (κ1) is 9.35. The lowest BCUT2D eigenvalue weighted by Gasteiger charge is -2.02. The van der Waals surface area contributed by atoms with Gasteiger partial charge in [-0.25, -0.2) is 0 Å². The lowest BCUT2D eigenvalue weighted by molar-refractivity contribution is 0.109. The fourth-order valence-corrected chi connectivity index (χ4v) is 1.46. The molecule has 0 aliphatic heterocycles. The van der Waals surface area contributed by atoms with Gasteiger partial charge in [-0.2, -0.15) is 0 Å². The second kappa shape index (κ2) is 4.33. The fourth-order valence-electron chi connectivity index (χ4n) is 0.697. The van der Waals surface area contributed by atoms with E-state index in [0.29, 0.717) is 17.1 Å². The SMILES string of the molecule is CC(CO)Sc1ccc(C=O)o1. The molecule has 0 saturated carbocycles. The average molecular weight is 186 g/mol. The Morgan fingerprint density at radius 3 is 3.00 bits per heavy atom. The summed E-state index contributed by atoms with van der Waals surface area (Å²) in [5, 5.41) is 9.49. The number of aldehydes is 1. The zero-order chi connectivity index (χ0) is 8.97. The molecule has 1 unspecified atom stereocenters. The third kappa shape index (κ3) is 2.39. The molecule has 0 aromatic carbocycles. The highest BCUT2D eigenvalue weighted by molar-refractivity contribution is 7.99. The molecule has 1 aromatic rings. The molecule has 0 bridgehead atoms. The summed E-state index contributed by atoms with van der Waals surface area (Å²) in [6.45, 7) is 1.98. The Kier molecular flexibility index (Phi) is 3.37. The van der Waals surface area contributed by atoms with E-state index in [9.17, 15) is 4.79 Å². The topological polar surface area (TPSA) is 50.4 Å². The minimum atomic E-state index is 0.0932. The molecule has 12 heavy (non-hydrogen) atoms. The lowest BCUT2D eigenvalue weighted by atomic mass is 10.5. The number of carbonyl (C=O) groups is 1. The van der Waals surface area contributed by atoms with Crippen molar-refractivity contribution in [1.29, 1.82) is 0 Å².